The highest BCUT2D eigenvalue weighted by atomic mass is 16.2. The van der Waals surface area contributed by atoms with Crippen molar-refractivity contribution in [2.75, 3.05) is 18.4 Å². The van der Waals surface area contributed by atoms with Crippen LogP contribution < -0.4 is 5.32 Å². The van der Waals surface area contributed by atoms with Crippen LogP contribution in [0, 0.1) is 0 Å². The van der Waals surface area contributed by atoms with E-state index in [2.05, 4.69) is 61.2 Å². The number of anilines is 2. The molecule has 1 amide bonds. The summed E-state index contributed by atoms with van der Waals surface area (Å²) in [4.78, 5) is 23.0. The van der Waals surface area contributed by atoms with Crippen LogP contribution in [-0.4, -0.2) is 33.9 Å². The Kier molecular flexibility index (Phi) is 5.55. The van der Waals surface area contributed by atoms with E-state index in [0.717, 1.165) is 31.6 Å². The molecule has 1 aromatic carbocycles. The molecule has 0 atom stereocenters. The minimum absolute atomic E-state index is 0.00539. The maximum Gasteiger partial charge on any atom is 0.272 e. The predicted octanol–water partition coefficient (Wildman–Crippen LogP) is 4.70. The van der Waals surface area contributed by atoms with Crippen molar-refractivity contribution in [2.24, 2.45) is 0 Å². The van der Waals surface area contributed by atoms with E-state index in [9.17, 15) is 4.79 Å². The fraction of sp³-hybridized carbons (Fsp3) is 0.476. The van der Waals surface area contributed by atoms with Gasteiger partial charge in [0.1, 0.15) is 17.8 Å². The lowest BCUT2D eigenvalue weighted by molar-refractivity contribution is 0.0787. The third-order valence-corrected chi connectivity index (χ3v) is 4.91. The molecule has 0 unspecified atom stereocenters. The van der Waals surface area contributed by atoms with Gasteiger partial charge < -0.3 is 10.2 Å². The second-order valence-electron chi connectivity index (χ2n) is 7.53. The molecule has 1 saturated heterocycles. The van der Waals surface area contributed by atoms with Gasteiger partial charge in [0.15, 0.2) is 0 Å². The van der Waals surface area contributed by atoms with Gasteiger partial charge in [-0.2, -0.15) is 0 Å². The first-order valence-electron chi connectivity index (χ1n) is 9.48. The van der Waals surface area contributed by atoms with Crippen molar-refractivity contribution < 1.29 is 4.79 Å². The van der Waals surface area contributed by atoms with Crippen LogP contribution in [0.5, 0.6) is 0 Å². The fourth-order valence-corrected chi connectivity index (χ4v) is 3.45. The van der Waals surface area contributed by atoms with Crippen molar-refractivity contribution >= 4 is 17.4 Å². The van der Waals surface area contributed by atoms with Gasteiger partial charge in [0.05, 0.1) is 0 Å². The van der Waals surface area contributed by atoms with Crippen LogP contribution in [-0.2, 0) is 0 Å². The Morgan fingerprint density at radius 3 is 2.23 bits per heavy atom. The number of benzene rings is 1. The van der Waals surface area contributed by atoms with Gasteiger partial charge in [-0.1, -0.05) is 45.9 Å². The van der Waals surface area contributed by atoms with Crippen LogP contribution in [0.1, 0.15) is 74.0 Å². The second kappa shape index (κ2) is 7.85. The zero-order chi connectivity index (χ0) is 18.7. The van der Waals surface area contributed by atoms with E-state index in [1.165, 1.54) is 17.5 Å². The summed E-state index contributed by atoms with van der Waals surface area (Å²) in [7, 11) is 0. The number of likely N-dealkylation sites (tertiary alicyclic amines) is 1. The standard InChI is InChI=1S/C21H28N4O/c1-14(2)16-8-7-9-17(15(3)4)20(16)24-19-12-18(22-13-23-19)21(26)25-10-5-6-11-25/h7-9,12-15H,5-6,10-11H2,1-4H3,(H,22,23,24). The average molecular weight is 352 g/mol. The first-order chi connectivity index (χ1) is 12.5. The molecule has 0 radical (unpaired) electrons. The van der Waals surface area contributed by atoms with Crippen molar-refractivity contribution in [2.45, 2.75) is 52.4 Å². The SMILES string of the molecule is CC(C)c1cccc(C(C)C)c1Nc1cc(C(=O)N2CCCC2)ncn1. The number of para-hydroxylation sites is 1. The number of rotatable bonds is 5. The molecule has 1 aliphatic rings. The maximum atomic E-state index is 12.6. The van der Waals surface area contributed by atoms with Crippen molar-refractivity contribution in [3.05, 3.63) is 47.4 Å². The Bertz CT molecular complexity index is 753. The quantitative estimate of drug-likeness (QED) is 0.847. The highest BCUT2D eigenvalue weighted by Crippen LogP contribution is 2.34. The zero-order valence-corrected chi connectivity index (χ0v) is 16.1. The number of hydrogen-bond acceptors (Lipinski definition) is 4. The molecule has 2 heterocycles. The van der Waals surface area contributed by atoms with Gasteiger partial charge in [-0.25, -0.2) is 9.97 Å². The van der Waals surface area contributed by atoms with E-state index in [1.807, 2.05) is 4.90 Å². The number of nitrogens with zero attached hydrogens (tertiary/aromatic N) is 3. The van der Waals surface area contributed by atoms with E-state index < -0.39 is 0 Å². The van der Waals surface area contributed by atoms with Crippen molar-refractivity contribution in [1.29, 1.82) is 0 Å². The highest BCUT2D eigenvalue weighted by molar-refractivity contribution is 5.93. The number of amides is 1. The molecule has 26 heavy (non-hydrogen) atoms. The van der Waals surface area contributed by atoms with Crippen LogP contribution in [0.15, 0.2) is 30.6 Å². The summed E-state index contributed by atoms with van der Waals surface area (Å²) in [5.41, 5.74) is 4.05. The molecule has 1 N–H and O–H groups in total. The van der Waals surface area contributed by atoms with E-state index in [-0.39, 0.29) is 5.91 Å². The summed E-state index contributed by atoms with van der Waals surface area (Å²) in [6.07, 6.45) is 3.61. The largest absolute Gasteiger partial charge is 0.340 e. The molecule has 0 bridgehead atoms. The van der Waals surface area contributed by atoms with Crippen LogP contribution in [0.25, 0.3) is 0 Å². The molecule has 5 nitrogen and oxygen atoms in total. The molecule has 1 aromatic heterocycles. The molecule has 2 aromatic rings. The third kappa shape index (κ3) is 3.87. The van der Waals surface area contributed by atoms with Crippen molar-refractivity contribution in [1.82, 2.24) is 14.9 Å². The van der Waals surface area contributed by atoms with Gasteiger partial charge in [-0.05, 0) is 35.8 Å². The molecular formula is C21H28N4O. The van der Waals surface area contributed by atoms with Gasteiger partial charge in [-0.3, -0.25) is 4.79 Å². The minimum atomic E-state index is -0.00539. The summed E-state index contributed by atoms with van der Waals surface area (Å²) in [6.45, 7) is 10.4. The number of carbonyl (C=O) groups excluding carboxylic acids is 1. The summed E-state index contributed by atoms with van der Waals surface area (Å²) < 4.78 is 0. The maximum absolute atomic E-state index is 12.6. The molecule has 0 spiro atoms. The Morgan fingerprint density at radius 2 is 1.65 bits per heavy atom. The molecule has 0 saturated carbocycles. The van der Waals surface area contributed by atoms with Gasteiger partial charge in [0, 0.05) is 24.8 Å². The topological polar surface area (TPSA) is 58.1 Å². The first-order valence-corrected chi connectivity index (χ1v) is 9.48. The van der Waals surface area contributed by atoms with Gasteiger partial charge in [0.25, 0.3) is 5.91 Å². The minimum Gasteiger partial charge on any atom is -0.340 e. The first kappa shape index (κ1) is 18.4. The predicted molar refractivity (Wildman–Crippen MR) is 105 cm³/mol. The molecular weight excluding hydrogens is 324 g/mol. The summed E-state index contributed by atoms with van der Waals surface area (Å²) in [6, 6.07) is 8.17. The molecule has 0 aliphatic carbocycles. The fourth-order valence-electron chi connectivity index (χ4n) is 3.45. The average Bonchev–Trinajstić information content (AvgIpc) is 3.15. The Labute approximate surface area is 155 Å². The lowest BCUT2D eigenvalue weighted by Gasteiger charge is -2.21. The summed E-state index contributed by atoms with van der Waals surface area (Å²) in [5, 5.41) is 3.47. The Hall–Kier alpha value is -2.43. The van der Waals surface area contributed by atoms with Gasteiger partial charge in [0.2, 0.25) is 0 Å². The second-order valence-corrected chi connectivity index (χ2v) is 7.53. The summed E-state index contributed by atoms with van der Waals surface area (Å²) in [5.74, 6) is 1.44. The molecule has 1 aliphatic heterocycles. The number of aromatic nitrogens is 2. The van der Waals surface area contributed by atoms with Crippen molar-refractivity contribution in [3.63, 3.8) is 0 Å². The summed E-state index contributed by atoms with van der Waals surface area (Å²) >= 11 is 0. The van der Waals surface area contributed by atoms with Gasteiger partial charge in [-0.15, -0.1) is 0 Å². The van der Waals surface area contributed by atoms with E-state index in [4.69, 9.17) is 0 Å². The number of nitrogens with one attached hydrogen (secondary N) is 1. The molecule has 5 heteroatoms. The van der Waals surface area contributed by atoms with Gasteiger partial charge >= 0.3 is 0 Å². The number of hydrogen-bond donors (Lipinski definition) is 1. The van der Waals surface area contributed by atoms with Crippen LogP contribution in [0.2, 0.25) is 0 Å². The van der Waals surface area contributed by atoms with Crippen molar-refractivity contribution in [3.8, 4) is 0 Å². The molecule has 138 valence electrons. The molecule has 3 rings (SSSR count). The normalized spacial score (nSPS) is 14.3. The Balaban J connectivity index is 1.92. The smallest absolute Gasteiger partial charge is 0.272 e. The monoisotopic (exact) mass is 352 g/mol. The van der Waals surface area contributed by atoms with E-state index >= 15 is 0 Å². The number of carbonyl (C=O) groups is 1. The van der Waals surface area contributed by atoms with Crippen LogP contribution in [0.3, 0.4) is 0 Å². The van der Waals surface area contributed by atoms with Crippen LogP contribution in [0.4, 0.5) is 11.5 Å². The zero-order valence-electron chi connectivity index (χ0n) is 16.1. The molecule has 1 fully saturated rings. The van der Waals surface area contributed by atoms with E-state index in [1.54, 1.807) is 6.07 Å². The lowest BCUT2D eigenvalue weighted by Crippen LogP contribution is -2.28. The third-order valence-electron chi connectivity index (χ3n) is 4.91. The van der Waals surface area contributed by atoms with Crippen LogP contribution >= 0.6 is 0 Å². The van der Waals surface area contributed by atoms with E-state index in [0.29, 0.717) is 23.3 Å². The highest BCUT2D eigenvalue weighted by Gasteiger charge is 2.21. The lowest BCUT2D eigenvalue weighted by atomic mass is 9.92. The Morgan fingerprint density at radius 1 is 1.04 bits per heavy atom.